The van der Waals surface area contributed by atoms with Gasteiger partial charge in [0.05, 0.1) is 6.10 Å². The quantitative estimate of drug-likeness (QED) is 0.837. The van der Waals surface area contributed by atoms with Crippen molar-refractivity contribution in [3.8, 4) is 0 Å². The number of hydrogen-bond acceptors (Lipinski definition) is 6. The van der Waals surface area contributed by atoms with E-state index in [0.717, 1.165) is 6.42 Å². The van der Waals surface area contributed by atoms with E-state index in [2.05, 4.69) is 23.7 Å². The van der Waals surface area contributed by atoms with Crippen LogP contribution < -0.4 is 10.5 Å². The second-order valence-electron chi connectivity index (χ2n) is 5.43. The fourth-order valence-electron chi connectivity index (χ4n) is 2.61. The molecular formula is C12H21N3O4S. The summed E-state index contributed by atoms with van der Waals surface area (Å²) in [5.74, 6) is 0.608. The average Bonchev–Trinajstić information content (AvgIpc) is 2.94. The van der Waals surface area contributed by atoms with Gasteiger partial charge in [-0.1, -0.05) is 19.0 Å². The highest BCUT2D eigenvalue weighted by Crippen LogP contribution is 2.27. The molecule has 1 saturated heterocycles. The molecular weight excluding hydrogens is 282 g/mol. The maximum Gasteiger partial charge on any atom is 0.247 e. The first kappa shape index (κ1) is 15.3. The van der Waals surface area contributed by atoms with Crippen LogP contribution >= 0.6 is 0 Å². The molecule has 0 unspecified atom stereocenters. The fourth-order valence-corrected chi connectivity index (χ4v) is 3.91. The van der Waals surface area contributed by atoms with Crippen LogP contribution in [0.25, 0.3) is 0 Å². The molecule has 0 aliphatic carbocycles. The molecule has 114 valence electrons. The van der Waals surface area contributed by atoms with Crippen LogP contribution in [0, 0.1) is 18.8 Å². The first-order valence-corrected chi connectivity index (χ1v) is 8.14. The highest BCUT2D eigenvalue weighted by atomic mass is 32.2. The summed E-state index contributed by atoms with van der Waals surface area (Å²) >= 11 is 0. The van der Waals surface area contributed by atoms with E-state index in [1.807, 2.05) is 0 Å². The average molecular weight is 303 g/mol. The Labute approximate surface area is 118 Å². The standard InChI is InChI=1S/C12H21N3O4S/c1-7(2)10-9(4-5-18-10)6-14-20(16,17)11-8(3)19-15-12(11)13/h7,9-10,14H,4-6H2,1-3H3,(H2,13,15)/t9-,10-/m1/s1. The van der Waals surface area contributed by atoms with Gasteiger partial charge in [-0.25, -0.2) is 13.1 Å². The SMILES string of the molecule is Cc1onc(N)c1S(=O)(=O)NC[C@H]1CCO[C@@H]1C(C)C. The van der Waals surface area contributed by atoms with Crippen molar-refractivity contribution in [1.82, 2.24) is 9.88 Å². The van der Waals surface area contributed by atoms with Gasteiger partial charge >= 0.3 is 0 Å². The molecule has 1 aromatic heterocycles. The molecule has 7 nitrogen and oxygen atoms in total. The van der Waals surface area contributed by atoms with Crippen LogP contribution in [0.2, 0.25) is 0 Å². The van der Waals surface area contributed by atoms with E-state index < -0.39 is 10.0 Å². The molecule has 2 heterocycles. The minimum atomic E-state index is -3.70. The number of aryl methyl sites for hydroxylation is 1. The van der Waals surface area contributed by atoms with Crippen molar-refractivity contribution in [3.63, 3.8) is 0 Å². The lowest BCUT2D eigenvalue weighted by Gasteiger charge is -2.22. The molecule has 0 bridgehead atoms. The van der Waals surface area contributed by atoms with Gasteiger partial charge in [0.1, 0.15) is 0 Å². The van der Waals surface area contributed by atoms with E-state index >= 15 is 0 Å². The van der Waals surface area contributed by atoms with E-state index in [4.69, 9.17) is 15.0 Å². The van der Waals surface area contributed by atoms with E-state index in [9.17, 15) is 8.42 Å². The third kappa shape index (κ3) is 2.97. The molecule has 2 atom stereocenters. The molecule has 20 heavy (non-hydrogen) atoms. The van der Waals surface area contributed by atoms with Crippen molar-refractivity contribution in [2.45, 2.75) is 38.2 Å². The molecule has 0 saturated carbocycles. The van der Waals surface area contributed by atoms with Crippen LogP contribution in [-0.2, 0) is 14.8 Å². The summed E-state index contributed by atoms with van der Waals surface area (Å²) in [4.78, 5) is -0.0717. The van der Waals surface area contributed by atoms with E-state index in [-0.39, 0.29) is 28.5 Å². The Morgan fingerprint density at radius 1 is 1.50 bits per heavy atom. The molecule has 0 radical (unpaired) electrons. The largest absolute Gasteiger partial charge is 0.380 e. The Hall–Kier alpha value is -1.12. The van der Waals surface area contributed by atoms with Crippen LogP contribution in [0.1, 0.15) is 26.0 Å². The van der Waals surface area contributed by atoms with Gasteiger partial charge in [-0.2, -0.15) is 0 Å². The lowest BCUT2D eigenvalue weighted by molar-refractivity contribution is 0.0551. The van der Waals surface area contributed by atoms with Gasteiger partial charge in [-0.05, 0) is 19.3 Å². The predicted molar refractivity (Wildman–Crippen MR) is 73.5 cm³/mol. The Morgan fingerprint density at radius 2 is 2.20 bits per heavy atom. The zero-order valence-corrected chi connectivity index (χ0v) is 12.7. The number of nitrogens with two attached hydrogens (primary N) is 1. The first-order valence-electron chi connectivity index (χ1n) is 6.66. The number of hydrogen-bond donors (Lipinski definition) is 2. The second kappa shape index (κ2) is 5.71. The predicted octanol–water partition coefficient (Wildman–Crippen LogP) is 0.905. The monoisotopic (exact) mass is 303 g/mol. The number of nitrogens with zero attached hydrogens (tertiary/aromatic N) is 1. The van der Waals surface area contributed by atoms with Gasteiger partial charge in [-0.15, -0.1) is 0 Å². The van der Waals surface area contributed by atoms with Crippen molar-refractivity contribution >= 4 is 15.8 Å². The molecule has 2 rings (SSSR count). The van der Waals surface area contributed by atoms with Gasteiger partial charge < -0.3 is 15.0 Å². The molecule has 1 fully saturated rings. The summed E-state index contributed by atoms with van der Waals surface area (Å²) in [7, 11) is -3.70. The topological polar surface area (TPSA) is 107 Å². The number of nitrogens with one attached hydrogen (secondary N) is 1. The Kier molecular flexibility index (Phi) is 4.36. The Bertz CT molecular complexity index is 548. The summed E-state index contributed by atoms with van der Waals surface area (Å²) in [5, 5.41) is 3.46. The van der Waals surface area contributed by atoms with Gasteiger partial charge in [0, 0.05) is 19.1 Å². The number of nitrogen functional groups attached to an aromatic ring is 1. The lowest BCUT2D eigenvalue weighted by atomic mass is 9.93. The molecule has 1 aliphatic rings. The lowest BCUT2D eigenvalue weighted by Crippen LogP contribution is -2.35. The summed E-state index contributed by atoms with van der Waals surface area (Å²) < 4.78 is 37.5. The molecule has 3 N–H and O–H groups in total. The van der Waals surface area contributed by atoms with Crippen LogP contribution in [0.5, 0.6) is 0 Å². The zero-order valence-electron chi connectivity index (χ0n) is 11.9. The smallest absolute Gasteiger partial charge is 0.247 e. The molecule has 1 aliphatic heterocycles. The Morgan fingerprint density at radius 3 is 2.75 bits per heavy atom. The van der Waals surface area contributed by atoms with E-state index in [0.29, 0.717) is 19.1 Å². The van der Waals surface area contributed by atoms with Crippen molar-refractivity contribution in [2.75, 3.05) is 18.9 Å². The summed E-state index contributed by atoms with van der Waals surface area (Å²) in [6.45, 7) is 6.66. The van der Waals surface area contributed by atoms with Crippen molar-refractivity contribution in [1.29, 1.82) is 0 Å². The van der Waals surface area contributed by atoms with E-state index in [1.54, 1.807) is 0 Å². The van der Waals surface area contributed by atoms with E-state index in [1.165, 1.54) is 6.92 Å². The third-order valence-corrected chi connectivity index (χ3v) is 5.14. The highest BCUT2D eigenvalue weighted by molar-refractivity contribution is 7.89. The number of rotatable bonds is 5. The number of aromatic nitrogens is 1. The summed E-state index contributed by atoms with van der Waals surface area (Å²) in [5.41, 5.74) is 5.54. The van der Waals surface area contributed by atoms with Gasteiger partial charge in [0.2, 0.25) is 10.0 Å². The molecule has 0 aromatic carbocycles. The molecule has 0 amide bonds. The van der Waals surface area contributed by atoms with Crippen molar-refractivity contribution in [2.24, 2.45) is 11.8 Å². The normalized spacial score (nSPS) is 23.6. The number of anilines is 1. The minimum Gasteiger partial charge on any atom is -0.380 e. The van der Waals surface area contributed by atoms with Crippen LogP contribution in [0.4, 0.5) is 5.82 Å². The van der Waals surface area contributed by atoms with Crippen LogP contribution in [-0.4, -0.2) is 32.8 Å². The molecule has 0 spiro atoms. The first-order chi connectivity index (χ1) is 9.33. The van der Waals surface area contributed by atoms with Gasteiger partial charge in [0.25, 0.3) is 0 Å². The van der Waals surface area contributed by atoms with Crippen LogP contribution in [0.15, 0.2) is 9.42 Å². The Balaban J connectivity index is 2.07. The second-order valence-corrected chi connectivity index (χ2v) is 7.14. The maximum absolute atomic E-state index is 12.2. The summed E-state index contributed by atoms with van der Waals surface area (Å²) in [6.07, 6.45) is 0.933. The zero-order chi connectivity index (χ0) is 14.9. The van der Waals surface area contributed by atoms with Gasteiger partial charge in [-0.3, -0.25) is 0 Å². The minimum absolute atomic E-state index is 0.0717. The number of ether oxygens (including phenoxy) is 1. The van der Waals surface area contributed by atoms with Crippen molar-refractivity contribution in [3.05, 3.63) is 5.76 Å². The molecule has 8 heteroatoms. The van der Waals surface area contributed by atoms with Crippen molar-refractivity contribution < 1.29 is 17.7 Å². The van der Waals surface area contributed by atoms with Crippen LogP contribution in [0.3, 0.4) is 0 Å². The highest BCUT2D eigenvalue weighted by Gasteiger charge is 2.33. The third-order valence-electron chi connectivity index (χ3n) is 3.56. The summed E-state index contributed by atoms with van der Waals surface area (Å²) in [6, 6.07) is 0. The number of sulfonamides is 1. The fraction of sp³-hybridized carbons (Fsp3) is 0.750. The maximum atomic E-state index is 12.2. The molecule has 1 aromatic rings. The van der Waals surface area contributed by atoms with Gasteiger partial charge in [0.15, 0.2) is 16.5 Å².